The van der Waals surface area contributed by atoms with Crippen LogP contribution < -0.4 is 10.1 Å². The average molecular weight is 323 g/mol. The summed E-state index contributed by atoms with van der Waals surface area (Å²) < 4.78 is 5.60. The number of hydrogen-bond acceptors (Lipinski definition) is 3. The first kappa shape index (κ1) is 15.2. The molecule has 1 aromatic carbocycles. The van der Waals surface area contributed by atoms with Crippen molar-refractivity contribution < 1.29 is 14.3 Å². The lowest BCUT2D eigenvalue weighted by Crippen LogP contribution is -2.37. The van der Waals surface area contributed by atoms with Crippen LogP contribution in [0.1, 0.15) is 31.4 Å². The van der Waals surface area contributed by atoms with Gasteiger partial charge >= 0.3 is 0 Å². The maximum Gasteiger partial charge on any atom is 0.225 e. The second-order valence-electron chi connectivity index (χ2n) is 5.69. The molecule has 0 aromatic heterocycles. The molecule has 0 saturated carbocycles. The monoisotopic (exact) mass is 322 g/mol. The van der Waals surface area contributed by atoms with Crippen molar-refractivity contribution in [3.63, 3.8) is 0 Å². The average Bonchev–Trinajstić information content (AvgIpc) is 2.89. The zero-order valence-corrected chi connectivity index (χ0v) is 13.2. The highest BCUT2D eigenvalue weighted by molar-refractivity contribution is 6.32. The third-order valence-corrected chi connectivity index (χ3v) is 4.61. The second-order valence-corrected chi connectivity index (χ2v) is 6.10. The zero-order valence-electron chi connectivity index (χ0n) is 12.5. The largest absolute Gasteiger partial charge is 0.492 e. The van der Waals surface area contributed by atoms with Crippen LogP contribution in [0.5, 0.6) is 5.75 Å². The second kappa shape index (κ2) is 6.16. The van der Waals surface area contributed by atoms with E-state index in [1.165, 1.54) is 0 Å². The number of likely N-dealkylation sites (tertiary alicyclic amines) is 1. The molecule has 1 saturated heterocycles. The molecule has 0 aliphatic carbocycles. The molecule has 1 N–H and O–H groups in total. The first-order chi connectivity index (χ1) is 10.6. The van der Waals surface area contributed by atoms with E-state index in [1.807, 2.05) is 19.1 Å². The van der Waals surface area contributed by atoms with Crippen LogP contribution in [-0.2, 0) is 9.59 Å². The van der Waals surface area contributed by atoms with E-state index >= 15 is 0 Å². The van der Waals surface area contributed by atoms with Gasteiger partial charge in [0.1, 0.15) is 5.75 Å². The first-order valence-electron chi connectivity index (χ1n) is 7.59. The van der Waals surface area contributed by atoms with Crippen LogP contribution in [0.3, 0.4) is 0 Å². The van der Waals surface area contributed by atoms with Gasteiger partial charge in [0.25, 0.3) is 0 Å². The van der Waals surface area contributed by atoms with Crippen molar-refractivity contribution in [2.75, 3.05) is 19.7 Å². The highest BCUT2D eigenvalue weighted by atomic mass is 35.5. The van der Waals surface area contributed by atoms with E-state index in [9.17, 15) is 9.59 Å². The number of fused-ring (bicyclic) bond motifs is 1. The van der Waals surface area contributed by atoms with Gasteiger partial charge in [0.05, 0.1) is 23.6 Å². The number of para-hydroxylation sites is 1. The summed E-state index contributed by atoms with van der Waals surface area (Å²) in [5.41, 5.74) is 0.906. The van der Waals surface area contributed by atoms with E-state index in [0.717, 1.165) is 5.56 Å². The van der Waals surface area contributed by atoms with Gasteiger partial charge in [0, 0.05) is 31.5 Å². The highest BCUT2D eigenvalue weighted by Gasteiger charge is 2.35. The molecule has 1 aromatic rings. The minimum atomic E-state index is -0.266. The molecule has 2 aliphatic heterocycles. The van der Waals surface area contributed by atoms with E-state index in [-0.39, 0.29) is 23.8 Å². The molecule has 3 rings (SSSR count). The van der Waals surface area contributed by atoms with E-state index in [4.69, 9.17) is 16.3 Å². The van der Waals surface area contributed by atoms with Gasteiger partial charge < -0.3 is 15.0 Å². The number of amides is 2. The number of benzene rings is 1. The van der Waals surface area contributed by atoms with E-state index in [2.05, 4.69) is 5.32 Å². The molecule has 118 valence electrons. The molecule has 0 unspecified atom stereocenters. The smallest absolute Gasteiger partial charge is 0.225 e. The van der Waals surface area contributed by atoms with Gasteiger partial charge in [0.2, 0.25) is 11.8 Å². The molecule has 22 heavy (non-hydrogen) atoms. The maximum atomic E-state index is 12.5. The summed E-state index contributed by atoms with van der Waals surface area (Å²) in [6.07, 6.45) is 1.00. The summed E-state index contributed by atoms with van der Waals surface area (Å²) in [4.78, 5) is 25.9. The Bertz CT molecular complexity index is 605. The van der Waals surface area contributed by atoms with Crippen LogP contribution in [0.15, 0.2) is 18.2 Å². The molecule has 0 bridgehead atoms. The molecule has 6 heteroatoms. The lowest BCUT2D eigenvalue weighted by Gasteiger charge is -2.28. The summed E-state index contributed by atoms with van der Waals surface area (Å²) in [6.45, 7) is 3.60. The topological polar surface area (TPSA) is 58.6 Å². The van der Waals surface area contributed by atoms with E-state index in [0.29, 0.717) is 43.3 Å². The number of hydrogen-bond donors (Lipinski definition) is 1. The lowest BCUT2D eigenvalue weighted by molar-refractivity contribution is -0.129. The van der Waals surface area contributed by atoms with Crippen LogP contribution in [0.4, 0.5) is 0 Å². The summed E-state index contributed by atoms with van der Waals surface area (Å²) in [5.74, 6) is 0.372. The van der Waals surface area contributed by atoms with Gasteiger partial charge in [0.15, 0.2) is 0 Å². The minimum Gasteiger partial charge on any atom is -0.492 e. The Morgan fingerprint density at radius 3 is 3.05 bits per heavy atom. The SMILES string of the molecule is CCN1C[C@@H](C(=O)N[C@@H]2CCOc3c(Cl)cccc32)CC1=O. The Morgan fingerprint density at radius 1 is 1.50 bits per heavy atom. The van der Waals surface area contributed by atoms with Crippen LogP contribution in [0, 0.1) is 5.92 Å². The number of ether oxygens (including phenoxy) is 1. The van der Waals surface area contributed by atoms with Crippen molar-refractivity contribution in [3.05, 3.63) is 28.8 Å². The molecule has 0 spiro atoms. The van der Waals surface area contributed by atoms with Crippen molar-refractivity contribution in [2.24, 2.45) is 5.92 Å². The van der Waals surface area contributed by atoms with Crippen molar-refractivity contribution >= 4 is 23.4 Å². The van der Waals surface area contributed by atoms with Crippen molar-refractivity contribution in [1.82, 2.24) is 10.2 Å². The fourth-order valence-corrected chi connectivity index (χ4v) is 3.32. The predicted molar refractivity (Wildman–Crippen MR) is 82.8 cm³/mol. The molecule has 0 radical (unpaired) electrons. The van der Waals surface area contributed by atoms with Crippen LogP contribution >= 0.6 is 11.6 Å². The Labute approximate surface area is 134 Å². The summed E-state index contributed by atoms with van der Waals surface area (Å²) in [7, 11) is 0. The van der Waals surface area contributed by atoms with Gasteiger partial charge in [-0.05, 0) is 13.0 Å². The quantitative estimate of drug-likeness (QED) is 0.927. The number of carbonyl (C=O) groups excluding carboxylic acids is 2. The van der Waals surface area contributed by atoms with Crippen molar-refractivity contribution in [2.45, 2.75) is 25.8 Å². The molecule has 2 aliphatic rings. The number of carbonyl (C=O) groups is 2. The predicted octanol–water partition coefficient (Wildman–Crippen LogP) is 2.15. The number of nitrogens with one attached hydrogen (secondary N) is 1. The minimum absolute atomic E-state index is 0.0538. The Kier molecular flexibility index (Phi) is 4.25. The fraction of sp³-hybridized carbons (Fsp3) is 0.500. The summed E-state index contributed by atoms with van der Waals surface area (Å²) in [6, 6.07) is 5.44. The molecule has 2 amide bonds. The molecule has 2 atom stereocenters. The molecular formula is C16H19ClN2O3. The normalized spacial score (nSPS) is 23.9. The standard InChI is InChI=1S/C16H19ClN2O3/c1-2-19-9-10(8-14(19)20)16(21)18-13-6-7-22-15-11(13)4-3-5-12(15)17/h3-5,10,13H,2,6-9H2,1H3,(H,18,21)/t10-,13+/m0/s1. The Morgan fingerprint density at radius 2 is 2.32 bits per heavy atom. The maximum absolute atomic E-state index is 12.5. The van der Waals surface area contributed by atoms with Gasteiger partial charge in [-0.1, -0.05) is 23.7 Å². The van der Waals surface area contributed by atoms with E-state index in [1.54, 1.807) is 11.0 Å². The summed E-state index contributed by atoms with van der Waals surface area (Å²) >= 11 is 6.14. The van der Waals surface area contributed by atoms with Crippen LogP contribution in [0.2, 0.25) is 5.02 Å². The van der Waals surface area contributed by atoms with Gasteiger partial charge in [-0.25, -0.2) is 0 Å². The van der Waals surface area contributed by atoms with Gasteiger partial charge in [-0.15, -0.1) is 0 Å². The van der Waals surface area contributed by atoms with Gasteiger partial charge in [-0.3, -0.25) is 9.59 Å². The first-order valence-corrected chi connectivity index (χ1v) is 7.97. The molecule has 2 heterocycles. The Hall–Kier alpha value is -1.75. The van der Waals surface area contributed by atoms with Crippen LogP contribution in [-0.4, -0.2) is 36.4 Å². The fourth-order valence-electron chi connectivity index (χ4n) is 3.08. The van der Waals surface area contributed by atoms with Crippen molar-refractivity contribution in [3.8, 4) is 5.75 Å². The van der Waals surface area contributed by atoms with Crippen LogP contribution in [0.25, 0.3) is 0 Å². The van der Waals surface area contributed by atoms with Crippen molar-refractivity contribution in [1.29, 1.82) is 0 Å². The number of rotatable bonds is 3. The molecular weight excluding hydrogens is 304 g/mol. The van der Waals surface area contributed by atoms with Gasteiger partial charge in [-0.2, -0.15) is 0 Å². The number of nitrogens with zero attached hydrogens (tertiary/aromatic N) is 1. The zero-order chi connectivity index (χ0) is 15.7. The third kappa shape index (κ3) is 2.77. The highest BCUT2D eigenvalue weighted by Crippen LogP contribution is 2.37. The molecule has 5 nitrogen and oxygen atoms in total. The number of halogens is 1. The molecule has 1 fully saturated rings. The lowest BCUT2D eigenvalue weighted by atomic mass is 9.99. The third-order valence-electron chi connectivity index (χ3n) is 4.31. The summed E-state index contributed by atoms with van der Waals surface area (Å²) in [5, 5.41) is 3.61. The Balaban J connectivity index is 1.71. The van der Waals surface area contributed by atoms with E-state index < -0.39 is 0 Å².